The molecule has 0 aromatic carbocycles. The molecule has 1 saturated heterocycles. The van der Waals surface area contributed by atoms with Crippen LogP contribution in [0.5, 0.6) is 0 Å². The van der Waals surface area contributed by atoms with Gasteiger partial charge < -0.3 is 9.84 Å². The topological polar surface area (TPSA) is 49.8 Å². The predicted molar refractivity (Wildman–Crippen MR) is 34.8 cm³/mol. The van der Waals surface area contributed by atoms with Gasteiger partial charge in [-0.05, 0) is 12.8 Å². The molecule has 4 heteroatoms. The fourth-order valence-electron chi connectivity index (χ4n) is 1.20. The van der Waals surface area contributed by atoms with Crippen LogP contribution < -0.4 is 0 Å². The van der Waals surface area contributed by atoms with Crippen molar-refractivity contribution < 1.29 is 14.6 Å². The highest BCUT2D eigenvalue weighted by atomic mass is 16.5. The molecule has 4 nitrogen and oxygen atoms in total. The van der Waals surface area contributed by atoms with Crippen LogP contribution in [0.3, 0.4) is 0 Å². The molecule has 0 saturated carbocycles. The standard InChI is InChI=1S/C6H11NO3/c1-10-5-3-2-4-7(5)6(8)9/h5H,2-4H2,1H3,(H,8,9). The highest BCUT2D eigenvalue weighted by molar-refractivity contribution is 5.65. The van der Waals surface area contributed by atoms with Crippen molar-refractivity contribution in [3.05, 3.63) is 0 Å². The molecule has 58 valence electrons. The highest BCUT2D eigenvalue weighted by Crippen LogP contribution is 2.16. The molecule has 0 aliphatic carbocycles. The number of likely N-dealkylation sites (tertiary alicyclic amines) is 1. The molecule has 1 N–H and O–H groups in total. The Morgan fingerprint density at radius 3 is 2.90 bits per heavy atom. The minimum Gasteiger partial charge on any atom is -0.465 e. The van der Waals surface area contributed by atoms with Crippen LogP contribution >= 0.6 is 0 Å². The molecule has 1 heterocycles. The lowest BCUT2D eigenvalue weighted by Gasteiger charge is -2.18. The Hall–Kier alpha value is -0.770. The second-order valence-corrected chi connectivity index (χ2v) is 2.31. The van der Waals surface area contributed by atoms with Crippen molar-refractivity contribution in [3.63, 3.8) is 0 Å². The lowest BCUT2D eigenvalue weighted by atomic mass is 10.4. The molecule has 1 fully saturated rings. The van der Waals surface area contributed by atoms with Crippen molar-refractivity contribution in [2.45, 2.75) is 19.1 Å². The van der Waals surface area contributed by atoms with Crippen LogP contribution in [-0.2, 0) is 4.74 Å². The van der Waals surface area contributed by atoms with E-state index in [0.29, 0.717) is 6.54 Å². The number of rotatable bonds is 1. The third-order valence-corrected chi connectivity index (χ3v) is 1.72. The Kier molecular flexibility index (Phi) is 2.11. The number of amides is 1. The molecular weight excluding hydrogens is 134 g/mol. The maximum Gasteiger partial charge on any atom is 0.409 e. The third kappa shape index (κ3) is 1.21. The van der Waals surface area contributed by atoms with Gasteiger partial charge in [-0.1, -0.05) is 0 Å². The van der Waals surface area contributed by atoms with E-state index >= 15 is 0 Å². The number of ether oxygens (including phenoxy) is 1. The van der Waals surface area contributed by atoms with Gasteiger partial charge in [0, 0.05) is 13.7 Å². The minimum atomic E-state index is -0.885. The van der Waals surface area contributed by atoms with Crippen molar-refractivity contribution in [3.8, 4) is 0 Å². The molecule has 1 aliphatic heterocycles. The molecule has 1 amide bonds. The van der Waals surface area contributed by atoms with E-state index < -0.39 is 6.09 Å². The first-order chi connectivity index (χ1) is 4.75. The van der Waals surface area contributed by atoms with E-state index in [1.807, 2.05) is 0 Å². The average Bonchev–Trinajstić information content (AvgIpc) is 2.33. The fraction of sp³-hybridized carbons (Fsp3) is 0.833. The monoisotopic (exact) mass is 145 g/mol. The summed E-state index contributed by atoms with van der Waals surface area (Å²) in [5, 5.41) is 8.56. The molecule has 0 aromatic rings. The van der Waals surface area contributed by atoms with Gasteiger partial charge in [0.2, 0.25) is 0 Å². The van der Waals surface area contributed by atoms with Crippen LogP contribution in [0, 0.1) is 0 Å². The Bertz CT molecular complexity index is 137. The number of nitrogens with zero attached hydrogens (tertiary/aromatic N) is 1. The first-order valence-electron chi connectivity index (χ1n) is 3.28. The zero-order chi connectivity index (χ0) is 7.56. The lowest BCUT2D eigenvalue weighted by Crippen LogP contribution is -2.35. The molecule has 0 spiro atoms. The van der Waals surface area contributed by atoms with Crippen LogP contribution in [-0.4, -0.2) is 36.0 Å². The summed E-state index contributed by atoms with van der Waals surface area (Å²) in [5.41, 5.74) is 0. The van der Waals surface area contributed by atoms with Crippen molar-refractivity contribution in [1.29, 1.82) is 0 Å². The summed E-state index contributed by atoms with van der Waals surface area (Å²) in [6.45, 7) is 0.605. The summed E-state index contributed by atoms with van der Waals surface area (Å²) < 4.78 is 4.93. The van der Waals surface area contributed by atoms with Crippen molar-refractivity contribution in [1.82, 2.24) is 4.90 Å². The summed E-state index contributed by atoms with van der Waals surface area (Å²) in [7, 11) is 1.53. The molecule has 0 radical (unpaired) electrons. The van der Waals surface area contributed by atoms with E-state index in [1.54, 1.807) is 0 Å². The Morgan fingerprint density at radius 1 is 1.80 bits per heavy atom. The van der Waals surface area contributed by atoms with E-state index in [9.17, 15) is 4.79 Å². The summed E-state index contributed by atoms with van der Waals surface area (Å²) in [6.07, 6.45) is 0.634. The van der Waals surface area contributed by atoms with Gasteiger partial charge in [0.05, 0.1) is 0 Å². The van der Waals surface area contributed by atoms with Crippen molar-refractivity contribution in [2.24, 2.45) is 0 Å². The molecule has 1 aliphatic rings. The molecular formula is C6H11NO3. The minimum absolute atomic E-state index is 0.211. The Morgan fingerprint density at radius 2 is 2.50 bits per heavy atom. The summed E-state index contributed by atoms with van der Waals surface area (Å²) in [5.74, 6) is 0. The van der Waals surface area contributed by atoms with Crippen LogP contribution in [0.25, 0.3) is 0 Å². The van der Waals surface area contributed by atoms with Gasteiger partial charge in [-0.2, -0.15) is 0 Å². The molecule has 10 heavy (non-hydrogen) atoms. The summed E-state index contributed by atoms with van der Waals surface area (Å²) in [4.78, 5) is 11.7. The van der Waals surface area contributed by atoms with E-state index in [2.05, 4.69) is 0 Å². The Balaban J connectivity index is 2.50. The van der Waals surface area contributed by atoms with Gasteiger partial charge in [0.1, 0.15) is 6.23 Å². The number of hydrogen-bond acceptors (Lipinski definition) is 2. The number of hydrogen-bond donors (Lipinski definition) is 1. The predicted octanol–water partition coefficient (Wildman–Crippen LogP) is 0.733. The largest absolute Gasteiger partial charge is 0.465 e. The lowest BCUT2D eigenvalue weighted by molar-refractivity contribution is 0.00423. The number of carboxylic acid groups (broad SMARTS) is 1. The second kappa shape index (κ2) is 2.88. The fourth-order valence-corrected chi connectivity index (χ4v) is 1.20. The molecule has 0 bridgehead atoms. The van der Waals surface area contributed by atoms with Crippen molar-refractivity contribution >= 4 is 6.09 Å². The zero-order valence-corrected chi connectivity index (χ0v) is 5.91. The quantitative estimate of drug-likeness (QED) is 0.591. The normalized spacial score (nSPS) is 25.3. The Labute approximate surface area is 59.4 Å². The van der Waals surface area contributed by atoms with E-state index in [1.165, 1.54) is 12.0 Å². The summed E-state index contributed by atoms with van der Waals surface area (Å²) in [6, 6.07) is 0. The van der Waals surface area contributed by atoms with Crippen LogP contribution in [0.4, 0.5) is 4.79 Å². The summed E-state index contributed by atoms with van der Waals surface area (Å²) >= 11 is 0. The third-order valence-electron chi connectivity index (χ3n) is 1.72. The number of carbonyl (C=O) groups is 1. The van der Waals surface area contributed by atoms with Crippen LogP contribution in [0.15, 0.2) is 0 Å². The SMILES string of the molecule is COC1CCCN1C(=O)O. The first kappa shape index (κ1) is 7.34. The van der Waals surface area contributed by atoms with Gasteiger partial charge in [-0.25, -0.2) is 4.79 Å². The van der Waals surface area contributed by atoms with Crippen molar-refractivity contribution in [2.75, 3.05) is 13.7 Å². The van der Waals surface area contributed by atoms with Gasteiger partial charge >= 0.3 is 6.09 Å². The second-order valence-electron chi connectivity index (χ2n) is 2.31. The first-order valence-corrected chi connectivity index (χ1v) is 3.28. The number of methoxy groups -OCH3 is 1. The average molecular weight is 145 g/mol. The van der Waals surface area contributed by atoms with E-state index in [4.69, 9.17) is 9.84 Å². The molecule has 1 rings (SSSR count). The highest BCUT2D eigenvalue weighted by Gasteiger charge is 2.27. The van der Waals surface area contributed by atoms with Gasteiger partial charge in [-0.3, -0.25) is 4.90 Å². The van der Waals surface area contributed by atoms with Crippen LogP contribution in [0.1, 0.15) is 12.8 Å². The maximum absolute atomic E-state index is 10.4. The van der Waals surface area contributed by atoms with Gasteiger partial charge in [0.25, 0.3) is 0 Å². The van der Waals surface area contributed by atoms with Crippen LogP contribution in [0.2, 0.25) is 0 Å². The van der Waals surface area contributed by atoms with Gasteiger partial charge in [0.15, 0.2) is 0 Å². The van der Waals surface area contributed by atoms with E-state index in [-0.39, 0.29) is 6.23 Å². The smallest absolute Gasteiger partial charge is 0.409 e. The zero-order valence-electron chi connectivity index (χ0n) is 5.91. The van der Waals surface area contributed by atoms with E-state index in [0.717, 1.165) is 12.8 Å². The molecule has 1 unspecified atom stereocenters. The van der Waals surface area contributed by atoms with Gasteiger partial charge in [-0.15, -0.1) is 0 Å². The maximum atomic E-state index is 10.4. The molecule has 0 aromatic heterocycles. The molecule has 1 atom stereocenters.